The smallest absolute Gasteiger partial charge is 0.301 e. The quantitative estimate of drug-likeness (QED) is 0.186. The highest BCUT2D eigenvalue weighted by Crippen LogP contribution is 2.43. The molecule has 2 heterocycles. The van der Waals surface area contributed by atoms with Crippen molar-refractivity contribution in [2.45, 2.75) is 26.5 Å². The fraction of sp³-hybridized carbons (Fsp3) is 0.143. The van der Waals surface area contributed by atoms with Gasteiger partial charge in [-0.25, -0.2) is 0 Å². The van der Waals surface area contributed by atoms with E-state index in [0.29, 0.717) is 33.5 Å². The molecule has 0 saturated carbocycles. The summed E-state index contributed by atoms with van der Waals surface area (Å²) in [5, 5.41) is 20.7. The SMILES string of the molecule is Cc1cccc(COc2ccc(C(O)=C3C(=O)C(=O)N(c4nnc(C)s4)C3c3cccc(Cl)c3)cc2)c1. The summed E-state index contributed by atoms with van der Waals surface area (Å²) in [4.78, 5) is 27.6. The molecule has 1 aliphatic heterocycles. The molecule has 0 radical (unpaired) electrons. The van der Waals surface area contributed by atoms with Gasteiger partial charge in [-0.05, 0) is 61.4 Å². The lowest BCUT2D eigenvalue weighted by Gasteiger charge is -2.22. The predicted octanol–water partition coefficient (Wildman–Crippen LogP) is 6.01. The molecule has 1 aliphatic rings. The minimum absolute atomic E-state index is 0.0476. The zero-order valence-corrected chi connectivity index (χ0v) is 21.6. The molecule has 1 fully saturated rings. The van der Waals surface area contributed by atoms with Crippen molar-refractivity contribution >= 4 is 45.5 Å². The fourth-order valence-electron chi connectivity index (χ4n) is 4.24. The third-order valence-corrected chi connectivity index (χ3v) is 7.02. The van der Waals surface area contributed by atoms with Crippen LogP contribution in [0, 0.1) is 13.8 Å². The third-order valence-electron chi connectivity index (χ3n) is 5.95. The van der Waals surface area contributed by atoms with Crippen LogP contribution >= 0.6 is 22.9 Å². The van der Waals surface area contributed by atoms with Gasteiger partial charge in [-0.15, -0.1) is 10.2 Å². The van der Waals surface area contributed by atoms with E-state index in [2.05, 4.69) is 16.3 Å². The first-order valence-electron chi connectivity index (χ1n) is 11.5. The minimum Gasteiger partial charge on any atom is -0.507 e. The Bertz CT molecular complexity index is 1530. The maximum atomic E-state index is 13.2. The Morgan fingerprint density at radius 2 is 1.78 bits per heavy atom. The highest BCUT2D eigenvalue weighted by molar-refractivity contribution is 7.15. The molecule has 1 amide bonds. The number of ketones is 1. The number of anilines is 1. The van der Waals surface area contributed by atoms with Crippen LogP contribution in [0.5, 0.6) is 5.75 Å². The predicted molar refractivity (Wildman–Crippen MR) is 143 cm³/mol. The van der Waals surface area contributed by atoms with E-state index in [0.717, 1.165) is 11.1 Å². The summed E-state index contributed by atoms with van der Waals surface area (Å²) in [6.45, 7) is 4.18. The summed E-state index contributed by atoms with van der Waals surface area (Å²) in [5.41, 5.74) is 3.09. The molecule has 0 spiro atoms. The van der Waals surface area contributed by atoms with Crippen molar-refractivity contribution in [1.29, 1.82) is 0 Å². The number of carbonyl (C=O) groups is 2. The molecule has 1 atom stereocenters. The number of aryl methyl sites for hydroxylation is 2. The Labute approximate surface area is 222 Å². The summed E-state index contributed by atoms with van der Waals surface area (Å²) < 4.78 is 5.87. The normalized spacial score (nSPS) is 16.8. The number of aromatic nitrogens is 2. The van der Waals surface area contributed by atoms with Crippen molar-refractivity contribution in [3.8, 4) is 5.75 Å². The average molecular weight is 532 g/mol. The second-order valence-corrected chi connectivity index (χ2v) is 10.2. The van der Waals surface area contributed by atoms with Crippen LogP contribution in [-0.4, -0.2) is 27.0 Å². The Balaban J connectivity index is 1.50. The number of ether oxygens (including phenoxy) is 1. The topological polar surface area (TPSA) is 92.6 Å². The molecule has 4 aromatic rings. The number of amides is 1. The van der Waals surface area contributed by atoms with Crippen LogP contribution in [0.4, 0.5) is 5.13 Å². The Morgan fingerprint density at radius 1 is 1.03 bits per heavy atom. The van der Waals surface area contributed by atoms with Crippen LogP contribution in [0.2, 0.25) is 5.02 Å². The molecule has 7 nitrogen and oxygen atoms in total. The van der Waals surface area contributed by atoms with Crippen molar-refractivity contribution in [1.82, 2.24) is 10.2 Å². The summed E-state index contributed by atoms with van der Waals surface area (Å²) in [6, 6.07) is 20.7. The summed E-state index contributed by atoms with van der Waals surface area (Å²) >= 11 is 7.42. The van der Waals surface area contributed by atoms with Crippen molar-refractivity contribution in [2.24, 2.45) is 0 Å². The van der Waals surface area contributed by atoms with Crippen molar-refractivity contribution in [3.63, 3.8) is 0 Å². The molecule has 1 N–H and O–H groups in total. The first kappa shape index (κ1) is 24.7. The molecular weight excluding hydrogens is 510 g/mol. The van der Waals surface area contributed by atoms with Crippen LogP contribution < -0.4 is 9.64 Å². The fourth-order valence-corrected chi connectivity index (χ4v) is 5.15. The Morgan fingerprint density at radius 3 is 2.46 bits per heavy atom. The minimum atomic E-state index is -0.914. The average Bonchev–Trinajstić information content (AvgIpc) is 3.43. The zero-order valence-electron chi connectivity index (χ0n) is 20.0. The number of hydrogen-bond donors (Lipinski definition) is 1. The molecular formula is C28H22ClN3O4S. The first-order valence-corrected chi connectivity index (χ1v) is 12.7. The Hall–Kier alpha value is -4.01. The van der Waals surface area contributed by atoms with Crippen LogP contribution in [0.1, 0.15) is 33.3 Å². The number of aliphatic hydroxyl groups excluding tert-OH is 1. The van der Waals surface area contributed by atoms with E-state index in [4.69, 9.17) is 16.3 Å². The lowest BCUT2D eigenvalue weighted by molar-refractivity contribution is -0.132. The van der Waals surface area contributed by atoms with E-state index in [-0.39, 0.29) is 16.5 Å². The largest absolute Gasteiger partial charge is 0.507 e. The van der Waals surface area contributed by atoms with E-state index < -0.39 is 17.7 Å². The summed E-state index contributed by atoms with van der Waals surface area (Å²) in [6.07, 6.45) is 0. The number of carbonyl (C=O) groups excluding carboxylic acids is 2. The van der Waals surface area contributed by atoms with Gasteiger partial charge in [-0.2, -0.15) is 0 Å². The maximum Gasteiger partial charge on any atom is 0.301 e. The molecule has 0 aliphatic carbocycles. The van der Waals surface area contributed by atoms with E-state index in [1.165, 1.54) is 16.2 Å². The van der Waals surface area contributed by atoms with Crippen LogP contribution in [0.3, 0.4) is 0 Å². The zero-order chi connectivity index (χ0) is 26.1. The van der Waals surface area contributed by atoms with Gasteiger partial charge in [0.15, 0.2) is 0 Å². The van der Waals surface area contributed by atoms with Gasteiger partial charge in [0, 0.05) is 10.6 Å². The molecule has 3 aromatic carbocycles. The highest BCUT2D eigenvalue weighted by Gasteiger charge is 2.48. The van der Waals surface area contributed by atoms with Gasteiger partial charge in [0.1, 0.15) is 23.1 Å². The molecule has 37 heavy (non-hydrogen) atoms. The number of benzene rings is 3. The van der Waals surface area contributed by atoms with Crippen LogP contribution in [0.25, 0.3) is 5.76 Å². The van der Waals surface area contributed by atoms with Crippen LogP contribution in [0.15, 0.2) is 78.4 Å². The second-order valence-electron chi connectivity index (χ2n) is 8.63. The molecule has 1 unspecified atom stereocenters. The number of Topliss-reactive ketones (excluding diaryl/α,β-unsaturated/α-hetero) is 1. The van der Waals surface area contributed by atoms with E-state index >= 15 is 0 Å². The standard InChI is InChI=1S/C28H22ClN3O4S/c1-16-5-3-6-18(13-16)15-36-22-11-9-19(10-12-22)25(33)23-24(20-7-4-8-21(29)14-20)32(27(35)26(23)34)28-31-30-17(2)37-28/h3-14,24,33H,15H2,1-2H3. The number of hydrogen-bond acceptors (Lipinski definition) is 7. The van der Waals surface area contributed by atoms with Crippen molar-refractivity contribution < 1.29 is 19.4 Å². The molecule has 9 heteroatoms. The van der Waals surface area contributed by atoms with E-state index in [9.17, 15) is 14.7 Å². The van der Waals surface area contributed by atoms with Crippen molar-refractivity contribution in [2.75, 3.05) is 4.90 Å². The molecule has 1 saturated heterocycles. The van der Waals surface area contributed by atoms with Crippen molar-refractivity contribution in [3.05, 3.63) is 111 Å². The summed E-state index contributed by atoms with van der Waals surface area (Å²) in [5.74, 6) is -1.29. The number of rotatable bonds is 6. The Kier molecular flexibility index (Phi) is 6.78. The molecule has 1 aromatic heterocycles. The van der Waals surface area contributed by atoms with Gasteiger partial charge in [0.25, 0.3) is 5.78 Å². The van der Waals surface area contributed by atoms with E-state index in [1.54, 1.807) is 55.5 Å². The monoisotopic (exact) mass is 531 g/mol. The van der Waals surface area contributed by atoms with Gasteiger partial charge >= 0.3 is 5.91 Å². The third kappa shape index (κ3) is 4.98. The molecule has 5 rings (SSSR count). The van der Waals surface area contributed by atoms with Gasteiger partial charge in [0.2, 0.25) is 5.13 Å². The second kappa shape index (κ2) is 10.2. The van der Waals surface area contributed by atoms with E-state index in [1.807, 2.05) is 25.1 Å². The molecule has 186 valence electrons. The first-order chi connectivity index (χ1) is 17.8. The van der Waals surface area contributed by atoms with Crippen LogP contribution in [-0.2, 0) is 16.2 Å². The van der Waals surface area contributed by atoms with Gasteiger partial charge < -0.3 is 9.84 Å². The highest BCUT2D eigenvalue weighted by atomic mass is 35.5. The molecule has 0 bridgehead atoms. The number of nitrogens with zero attached hydrogens (tertiary/aromatic N) is 3. The lowest BCUT2D eigenvalue weighted by Crippen LogP contribution is -2.29. The van der Waals surface area contributed by atoms with Gasteiger partial charge in [-0.3, -0.25) is 14.5 Å². The van der Waals surface area contributed by atoms with Gasteiger partial charge in [0.05, 0.1) is 11.6 Å². The van der Waals surface area contributed by atoms with Gasteiger partial charge in [-0.1, -0.05) is 64.9 Å². The summed E-state index contributed by atoms with van der Waals surface area (Å²) in [7, 11) is 0. The number of aliphatic hydroxyl groups is 1. The number of halogens is 1. The maximum absolute atomic E-state index is 13.2. The lowest BCUT2D eigenvalue weighted by atomic mass is 9.95.